The number of nitrogens with one attached hydrogen (secondary N) is 1. The van der Waals surface area contributed by atoms with Crippen LogP contribution in [0.25, 0.3) is 0 Å². The Labute approximate surface area is 173 Å². The van der Waals surface area contributed by atoms with Gasteiger partial charge in [0.2, 0.25) is 10.0 Å². The molecule has 3 rings (SSSR count). The van der Waals surface area contributed by atoms with Crippen molar-refractivity contribution in [2.75, 3.05) is 43.4 Å². The molecule has 29 heavy (non-hydrogen) atoms. The van der Waals surface area contributed by atoms with Gasteiger partial charge in [-0.2, -0.15) is 4.31 Å². The van der Waals surface area contributed by atoms with E-state index in [1.54, 1.807) is 12.1 Å². The molecule has 1 saturated heterocycles. The number of carbonyl (C=O) groups is 1. The number of rotatable bonds is 6. The second kappa shape index (κ2) is 9.06. The molecule has 6 nitrogen and oxygen atoms in total. The average Bonchev–Trinajstić information content (AvgIpc) is 2.68. The predicted molar refractivity (Wildman–Crippen MR) is 108 cm³/mol. The van der Waals surface area contributed by atoms with Gasteiger partial charge in [0.1, 0.15) is 11.6 Å². The maximum atomic E-state index is 13.8. The molecular formula is C19H20ClF2N3O3S. The summed E-state index contributed by atoms with van der Waals surface area (Å²) in [5.41, 5.74) is 0.525. The fourth-order valence-electron chi connectivity index (χ4n) is 3.10. The summed E-state index contributed by atoms with van der Waals surface area (Å²) >= 11 is 5.84. The zero-order valence-electron chi connectivity index (χ0n) is 15.4. The number of benzene rings is 2. The van der Waals surface area contributed by atoms with E-state index in [4.69, 9.17) is 11.6 Å². The van der Waals surface area contributed by atoms with Crippen LogP contribution in [-0.4, -0.2) is 57.1 Å². The van der Waals surface area contributed by atoms with Gasteiger partial charge in [0.15, 0.2) is 0 Å². The summed E-state index contributed by atoms with van der Waals surface area (Å²) in [6, 6.07) is 9.91. The fourth-order valence-corrected chi connectivity index (χ4v) is 4.69. The number of sulfonamides is 1. The molecule has 10 heteroatoms. The lowest BCUT2D eigenvalue weighted by Crippen LogP contribution is -2.50. The van der Waals surface area contributed by atoms with Crippen molar-refractivity contribution >= 4 is 33.2 Å². The molecule has 2 aromatic carbocycles. The molecule has 156 valence electrons. The van der Waals surface area contributed by atoms with E-state index in [1.165, 1.54) is 28.6 Å². The molecule has 0 radical (unpaired) electrons. The molecule has 2 aromatic rings. The lowest BCUT2D eigenvalue weighted by atomic mass is 10.2. The SMILES string of the molecule is O=C(NCCS(=O)(=O)N1CCN(c2ccc(F)cc2)CC1)c1c(F)cccc1Cl. The Morgan fingerprint density at radius 3 is 2.31 bits per heavy atom. The topological polar surface area (TPSA) is 69.7 Å². The smallest absolute Gasteiger partial charge is 0.255 e. The van der Waals surface area contributed by atoms with Crippen molar-refractivity contribution in [3.8, 4) is 0 Å². The summed E-state index contributed by atoms with van der Waals surface area (Å²) in [6.45, 7) is 1.35. The summed E-state index contributed by atoms with van der Waals surface area (Å²) in [7, 11) is -3.59. The highest BCUT2D eigenvalue weighted by Gasteiger charge is 2.27. The molecule has 1 heterocycles. The second-order valence-corrected chi connectivity index (χ2v) is 9.03. The van der Waals surface area contributed by atoms with E-state index in [0.29, 0.717) is 13.1 Å². The van der Waals surface area contributed by atoms with Crippen molar-refractivity contribution < 1.29 is 22.0 Å². The van der Waals surface area contributed by atoms with Gasteiger partial charge in [-0.15, -0.1) is 0 Å². The van der Waals surface area contributed by atoms with Gasteiger partial charge < -0.3 is 10.2 Å². The lowest BCUT2D eigenvalue weighted by molar-refractivity contribution is 0.0952. The van der Waals surface area contributed by atoms with Crippen molar-refractivity contribution in [2.24, 2.45) is 0 Å². The summed E-state index contributed by atoms with van der Waals surface area (Å²) in [5.74, 6) is -2.16. The molecule has 0 saturated carbocycles. The highest BCUT2D eigenvalue weighted by atomic mass is 35.5. The van der Waals surface area contributed by atoms with E-state index in [0.717, 1.165) is 11.8 Å². The molecule has 0 aromatic heterocycles. The number of carbonyl (C=O) groups excluding carboxylic acids is 1. The quantitative estimate of drug-likeness (QED) is 0.744. The molecule has 0 atom stereocenters. The van der Waals surface area contributed by atoms with Gasteiger partial charge >= 0.3 is 0 Å². The Bertz CT molecular complexity index is 958. The number of hydrogen-bond acceptors (Lipinski definition) is 4. The number of anilines is 1. The molecule has 0 unspecified atom stereocenters. The number of halogens is 3. The zero-order chi connectivity index (χ0) is 21.0. The number of hydrogen-bond donors (Lipinski definition) is 1. The van der Waals surface area contributed by atoms with Crippen molar-refractivity contribution in [1.82, 2.24) is 9.62 Å². The average molecular weight is 444 g/mol. The van der Waals surface area contributed by atoms with Gasteiger partial charge in [0, 0.05) is 38.4 Å². The first-order valence-corrected chi connectivity index (χ1v) is 11.0. The highest BCUT2D eigenvalue weighted by molar-refractivity contribution is 7.89. The Balaban J connectivity index is 1.51. The number of nitrogens with zero attached hydrogens (tertiary/aromatic N) is 2. The van der Waals surface area contributed by atoms with Crippen LogP contribution in [0.3, 0.4) is 0 Å². The maximum Gasteiger partial charge on any atom is 0.255 e. The van der Waals surface area contributed by atoms with E-state index < -0.39 is 21.7 Å². The lowest BCUT2D eigenvalue weighted by Gasteiger charge is -2.35. The van der Waals surface area contributed by atoms with E-state index in [-0.39, 0.29) is 41.8 Å². The first-order chi connectivity index (χ1) is 13.8. The van der Waals surface area contributed by atoms with Crippen molar-refractivity contribution in [1.29, 1.82) is 0 Å². The molecule has 1 amide bonds. The minimum atomic E-state index is -3.59. The fraction of sp³-hybridized carbons (Fsp3) is 0.316. The van der Waals surface area contributed by atoms with Crippen molar-refractivity contribution in [2.45, 2.75) is 0 Å². The van der Waals surface area contributed by atoms with Crippen LogP contribution in [0.5, 0.6) is 0 Å². The summed E-state index contributed by atoms with van der Waals surface area (Å²) in [4.78, 5) is 14.1. The van der Waals surface area contributed by atoms with Crippen LogP contribution in [0, 0.1) is 11.6 Å². The van der Waals surface area contributed by atoms with E-state index in [1.807, 2.05) is 4.90 Å². The number of amides is 1. The van der Waals surface area contributed by atoms with E-state index in [2.05, 4.69) is 5.32 Å². The van der Waals surface area contributed by atoms with Gasteiger partial charge in [-0.05, 0) is 36.4 Å². The Morgan fingerprint density at radius 2 is 1.69 bits per heavy atom. The van der Waals surface area contributed by atoms with Crippen LogP contribution >= 0.6 is 11.6 Å². The third-order valence-corrected chi connectivity index (χ3v) is 6.85. The Morgan fingerprint density at radius 1 is 1.03 bits per heavy atom. The molecular weight excluding hydrogens is 424 g/mol. The molecule has 0 bridgehead atoms. The first kappa shape index (κ1) is 21.5. The Hall–Kier alpha value is -2.23. The van der Waals surface area contributed by atoms with Gasteiger partial charge in [0.25, 0.3) is 5.91 Å². The second-order valence-electron chi connectivity index (χ2n) is 6.53. The molecule has 0 aliphatic carbocycles. The van der Waals surface area contributed by atoms with Crippen LogP contribution in [0.1, 0.15) is 10.4 Å². The van der Waals surface area contributed by atoms with Gasteiger partial charge in [-0.3, -0.25) is 4.79 Å². The molecule has 1 aliphatic rings. The molecule has 0 spiro atoms. The summed E-state index contributed by atoms with van der Waals surface area (Å²) < 4.78 is 53.2. The van der Waals surface area contributed by atoms with E-state index >= 15 is 0 Å². The van der Waals surface area contributed by atoms with Crippen LogP contribution < -0.4 is 10.2 Å². The first-order valence-electron chi connectivity index (χ1n) is 8.98. The zero-order valence-corrected chi connectivity index (χ0v) is 17.0. The van der Waals surface area contributed by atoms with E-state index in [9.17, 15) is 22.0 Å². The highest BCUT2D eigenvalue weighted by Crippen LogP contribution is 2.19. The summed E-state index contributed by atoms with van der Waals surface area (Å²) in [5, 5.41) is 2.36. The monoisotopic (exact) mass is 443 g/mol. The standard InChI is InChI=1S/C19H20ClF2N3O3S/c20-16-2-1-3-17(22)18(16)19(26)23-8-13-29(27,28)25-11-9-24(10-12-25)15-6-4-14(21)5-7-15/h1-7H,8-13H2,(H,23,26). The van der Waals surface area contributed by atoms with Crippen LogP contribution in [-0.2, 0) is 10.0 Å². The summed E-state index contributed by atoms with van der Waals surface area (Å²) in [6.07, 6.45) is 0. The Kier molecular flexibility index (Phi) is 6.71. The molecule has 1 fully saturated rings. The van der Waals surface area contributed by atoms with Crippen LogP contribution in [0.4, 0.5) is 14.5 Å². The molecule has 1 aliphatic heterocycles. The predicted octanol–water partition coefficient (Wildman–Crippen LogP) is 2.50. The third kappa shape index (κ3) is 5.23. The van der Waals surface area contributed by atoms with Gasteiger partial charge in [-0.1, -0.05) is 17.7 Å². The van der Waals surface area contributed by atoms with Crippen LogP contribution in [0.2, 0.25) is 5.02 Å². The molecule has 1 N–H and O–H groups in total. The third-order valence-electron chi connectivity index (χ3n) is 4.66. The minimum Gasteiger partial charge on any atom is -0.369 e. The van der Waals surface area contributed by atoms with Gasteiger partial charge in [-0.25, -0.2) is 17.2 Å². The number of piperazine rings is 1. The van der Waals surface area contributed by atoms with Gasteiger partial charge in [0.05, 0.1) is 16.3 Å². The normalized spacial score (nSPS) is 15.3. The van der Waals surface area contributed by atoms with Crippen LogP contribution in [0.15, 0.2) is 42.5 Å². The largest absolute Gasteiger partial charge is 0.369 e. The minimum absolute atomic E-state index is 0.0396. The van der Waals surface area contributed by atoms with Crippen molar-refractivity contribution in [3.63, 3.8) is 0 Å². The van der Waals surface area contributed by atoms with Crippen molar-refractivity contribution in [3.05, 3.63) is 64.7 Å². The maximum absolute atomic E-state index is 13.8.